The predicted octanol–water partition coefficient (Wildman–Crippen LogP) is -1.18. The second-order valence-corrected chi connectivity index (χ2v) is 0. The van der Waals surface area contributed by atoms with E-state index in [2.05, 4.69) is 0 Å². The maximum atomic E-state index is 0. The van der Waals surface area contributed by atoms with E-state index in [-0.39, 0.29) is 95.7 Å². The SMILES string of the molecule is O.[Lu+3].[Lu+3].[O-2].[O-2].[O-2]. The summed E-state index contributed by atoms with van der Waals surface area (Å²) >= 11 is 0. The van der Waals surface area contributed by atoms with Crippen LogP contribution in [0.1, 0.15) is 0 Å². The maximum Gasteiger partial charge on any atom is 3.00 e. The van der Waals surface area contributed by atoms with Crippen molar-refractivity contribution in [3.05, 3.63) is 0 Å². The van der Waals surface area contributed by atoms with E-state index in [1.807, 2.05) is 0 Å². The Hall–Kier alpha value is 2.31. The summed E-state index contributed by atoms with van der Waals surface area (Å²) in [4.78, 5) is 0. The van der Waals surface area contributed by atoms with Crippen LogP contribution in [0.5, 0.6) is 0 Å². The van der Waals surface area contributed by atoms with Crippen LogP contribution in [0.3, 0.4) is 0 Å². The Balaban J connectivity index is 0. The summed E-state index contributed by atoms with van der Waals surface area (Å²) < 4.78 is 0. The van der Waals surface area contributed by atoms with Crippen molar-refractivity contribution in [2.24, 2.45) is 0 Å². The third-order valence-corrected chi connectivity index (χ3v) is 0. The van der Waals surface area contributed by atoms with Crippen LogP contribution in [0.2, 0.25) is 0 Å². The normalized spacial score (nSPS) is 0. The van der Waals surface area contributed by atoms with Crippen molar-refractivity contribution in [3.63, 3.8) is 0 Å². The Labute approximate surface area is 93.9 Å². The van der Waals surface area contributed by atoms with Gasteiger partial charge in [0, 0.05) is 0 Å². The van der Waals surface area contributed by atoms with E-state index < -0.39 is 0 Å². The van der Waals surface area contributed by atoms with Gasteiger partial charge in [-0.25, -0.2) is 0 Å². The van der Waals surface area contributed by atoms with Crippen LogP contribution >= 0.6 is 0 Å². The molecule has 0 spiro atoms. The average Bonchev–Trinajstić information content (AvgIpc) is 0. The average molecular weight is 416 g/mol. The van der Waals surface area contributed by atoms with Crippen molar-refractivity contribution in [1.82, 2.24) is 0 Å². The Bertz CT molecular complexity index is 5.51. The first kappa shape index (κ1) is 83.3. The molecule has 0 aromatic rings. The second kappa shape index (κ2) is 54.6. The summed E-state index contributed by atoms with van der Waals surface area (Å²) in [5.74, 6) is 0. The van der Waals surface area contributed by atoms with Crippen molar-refractivity contribution in [3.8, 4) is 0 Å². The van der Waals surface area contributed by atoms with Crippen molar-refractivity contribution in [2.45, 2.75) is 0 Å². The number of hydrogen-bond donors (Lipinski definition) is 0. The number of hydrogen-bond acceptors (Lipinski definition) is 0. The molecule has 2 N–H and O–H groups in total. The standard InChI is InChI=1S/2Lu.H2O.3O/h;;1H2;;;/q2*+3;;3*-2. The van der Waals surface area contributed by atoms with Gasteiger partial charge in [-0.1, -0.05) is 0 Å². The molecule has 0 saturated heterocycles. The molecule has 0 radical (unpaired) electrons. The Morgan fingerprint density at radius 1 is 0.500 bits per heavy atom. The van der Waals surface area contributed by atoms with E-state index in [9.17, 15) is 0 Å². The third kappa shape index (κ3) is 33.4. The largest absolute Gasteiger partial charge is 3.00 e. The summed E-state index contributed by atoms with van der Waals surface area (Å²) in [6.45, 7) is 0. The summed E-state index contributed by atoms with van der Waals surface area (Å²) in [6, 6.07) is 0. The van der Waals surface area contributed by atoms with Gasteiger partial charge in [-0.05, 0) is 0 Å². The van der Waals surface area contributed by atoms with Crippen LogP contribution in [-0.4, -0.2) is 5.48 Å². The zero-order valence-corrected chi connectivity index (χ0v) is 5.55. The van der Waals surface area contributed by atoms with Crippen molar-refractivity contribution >= 4 is 0 Å². The molecule has 0 bridgehead atoms. The van der Waals surface area contributed by atoms with E-state index >= 15 is 0 Å². The Kier molecular flexibility index (Phi) is 758. The van der Waals surface area contributed by atoms with E-state index in [1.165, 1.54) is 0 Å². The van der Waals surface area contributed by atoms with Crippen LogP contribution in [0.4, 0.5) is 0 Å². The molecule has 56 valence electrons. The molecule has 6 heteroatoms. The van der Waals surface area contributed by atoms with Crippen LogP contribution in [-0.2, 0) is 16.4 Å². The first-order chi connectivity index (χ1) is 0. The van der Waals surface area contributed by atoms with Gasteiger partial charge in [0.05, 0.1) is 0 Å². The van der Waals surface area contributed by atoms with Gasteiger partial charge in [0.25, 0.3) is 0 Å². The van der Waals surface area contributed by atoms with E-state index in [1.54, 1.807) is 0 Å². The molecule has 0 aromatic carbocycles. The fourth-order valence-corrected chi connectivity index (χ4v) is 0. The van der Waals surface area contributed by atoms with Gasteiger partial charge in [0.1, 0.15) is 0 Å². The minimum Gasteiger partial charge on any atom is -2.00 e. The zero-order valence-electron chi connectivity index (χ0n) is 2.24. The molecule has 0 aromatic heterocycles. The smallest absolute Gasteiger partial charge is 2.00 e. The first-order valence-corrected chi connectivity index (χ1v) is 0. The summed E-state index contributed by atoms with van der Waals surface area (Å²) in [5.41, 5.74) is 0. The summed E-state index contributed by atoms with van der Waals surface area (Å²) in [6.07, 6.45) is 0. The minimum atomic E-state index is 0. The van der Waals surface area contributed by atoms with Crippen LogP contribution in [0.25, 0.3) is 0 Å². The van der Waals surface area contributed by atoms with Gasteiger partial charge in [0.15, 0.2) is 0 Å². The third-order valence-electron chi connectivity index (χ3n) is 0. The minimum absolute atomic E-state index is 0. The quantitative estimate of drug-likeness (QED) is 0.473. The van der Waals surface area contributed by atoms with Crippen molar-refractivity contribution < 1.29 is 95.7 Å². The molecule has 0 aliphatic heterocycles. The molecule has 0 aliphatic rings. The molecule has 0 amide bonds. The summed E-state index contributed by atoms with van der Waals surface area (Å²) in [5, 5.41) is 0. The van der Waals surface area contributed by atoms with Gasteiger partial charge in [-0.15, -0.1) is 0 Å². The van der Waals surface area contributed by atoms with Crippen LogP contribution in [0.15, 0.2) is 0 Å². The molecule has 6 heavy (non-hydrogen) atoms. The molecule has 0 rings (SSSR count). The van der Waals surface area contributed by atoms with Gasteiger partial charge < -0.3 is 21.9 Å². The molecular formula is H2Lu2O4. The van der Waals surface area contributed by atoms with E-state index in [4.69, 9.17) is 0 Å². The molecular weight excluding hydrogens is 414 g/mol. The van der Waals surface area contributed by atoms with Gasteiger partial charge in [-0.3, -0.25) is 0 Å². The predicted molar refractivity (Wildman–Crippen MR) is 5.67 cm³/mol. The molecule has 0 atom stereocenters. The van der Waals surface area contributed by atoms with E-state index in [0.29, 0.717) is 0 Å². The monoisotopic (exact) mass is 416 g/mol. The molecule has 4 nitrogen and oxygen atoms in total. The first-order valence-electron chi connectivity index (χ1n) is 0. The van der Waals surface area contributed by atoms with Gasteiger partial charge in [-0.2, -0.15) is 0 Å². The van der Waals surface area contributed by atoms with Crippen molar-refractivity contribution in [1.29, 1.82) is 0 Å². The maximum absolute atomic E-state index is 0. The molecule has 0 unspecified atom stereocenters. The zero-order chi connectivity index (χ0) is 0. The van der Waals surface area contributed by atoms with Crippen LogP contribution in [0, 0.1) is 73.7 Å². The van der Waals surface area contributed by atoms with Gasteiger partial charge in [0.2, 0.25) is 0 Å². The van der Waals surface area contributed by atoms with E-state index in [0.717, 1.165) is 0 Å². The Morgan fingerprint density at radius 3 is 0.500 bits per heavy atom. The van der Waals surface area contributed by atoms with Crippen molar-refractivity contribution in [2.75, 3.05) is 0 Å². The molecule has 0 aliphatic carbocycles. The van der Waals surface area contributed by atoms with Crippen LogP contribution < -0.4 is 0 Å². The fourth-order valence-electron chi connectivity index (χ4n) is 0. The number of rotatable bonds is 0. The molecule has 0 heterocycles. The Morgan fingerprint density at radius 2 is 0.500 bits per heavy atom. The van der Waals surface area contributed by atoms with Gasteiger partial charge >= 0.3 is 73.7 Å². The fraction of sp³-hybridized carbons (Fsp3) is 0. The molecule has 0 fully saturated rings. The topological polar surface area (TPSA) is 117 Å². The molecule has 0 saturated carbocycles. The second-order valence-electron chi connectivity index (χ2n) is 0. The summed E-state index contributed by atoms with van der Waals surface area (Å²) in [7, 11) is 0.